The van der Waals surface area contributed by atoms with Crippen LogP contribution in [0, 0.1) is 0 Å². The van der Waals surface area contributed by atoms with E-state index in [1.165, 1.54) is 6.08 Å². The molecule has 0 aliphatic carbocycles. The second kappa shape index (κ2) is 17.2. The Labute approximate surface area is 238 Å². The molecular weight excluding hydrogens is 569 g/mol. The Hall–Kier alpha value is -0.656. The zero-order chi connectivity index (χ0) is 30.4. The number of hydrogen-bond acceptors (Lipinski definition) is 8. The van der Waals surface area contributed by atoms with Crippen molar-refractivity contribution in [2.24, 2.45) is 0 Å². The molecule has 0 aromatic heterocycles. The van der Waals surface area contributed by atoms with Gasteiger partial charge in [-0.05, 0) is 97.8 Å². The molecule has 0 spiro atoms. The maximum absolute atomic E-state index is 11.6. The lowest BCUT2D eigenvalue weighted by Crippen LogP contribution is -2.60. The van der Waals surface area contributed by atoms with E-state index < -0.39 is 42.1 Å². The zero-order valence-corrected chi connectivity index (χ0v) is 31.5. The third-order valence-electron chi connectivity index (χ3n) is 4.48. The van der Waals surface area contributed by atoms with Gasteiger partial charge in [0.05, 0.1) is 13.2 Å². The number of rotatable bonds is 17. The summed E-state index contributed by atoms with van der Waals surface area (Å²) in [5.41, 5.74) is 0.415. The highest BCUT2D eigenvalue weighted by Crippen LogP contribution is 2.30. The van der Waals surface area contributed by atoms with E-state index in [-0.39, 0.29) is 11.9 Å². The van der Waals surface area contributed by atoms with Crippen molar-refractivity contribution >= 4 is 54.0 Å². The van der Waals surface area contributed by atoms with E-state index in [4.69, 9.17) is 26.2 Å². The van der Waals surface area contributed by atoms with E-state index in [0.717, 1.165) is 12.5 Å². The average molecular weight is 625 g/mol. The van der Waals surface area contributed by atoms with Crippen LogP contribution in [0.4, 0.5) is 0 Å². The van der Waals surface area contributed by atoms with E-state index in [0.29, 0.717) is 31.3 Å². The lowest BCUT2D eigenvalue weighted by molar-refractivity contribution is -0.139. The molecule has 0 aliphatic rings. The minimum atomic E-state index is -2.83. The summed E-state index contributed by atoms with van der Waals surface area (Å²) in [5.74, 6) is -0.701. The molecule has 0 saturated carbocycles. The van der Waals surface area contributed by atoms with Gasteiger partial charge in [-0.15, -0.1) is 0 Å². The van der Waals surface area contributed by atoms with Crippen LogP contribution in [0.25, 0.3) is 0 Å². The fourth-order valence-corrected chi connectivity index (χ4v) is 18.8. The van der Waals surface area contributed by atoms with Crippen LogP contribution in [-0.4, -0.2) is 74.3 Å². The first-order valence-corrected chi connectivity index (χ1v) is 28.5. The summed E-state index contributed by atoms with van der Waals surface area (Å²) in [7, 11) is -8.14. The van der Waals surface area contributed by atoms with Crippen molar-refractivity contribution in [3.63, 3.8) is 0 Å². The van der Waals surface area contributed by atoms with Crippen LogP contribution in [0.2, 0.25) is 84.1 Å². The summed E-state index contributed by atoms with van der Waals surface area (Å²) >= 11 is 0. The standard InChI is InChI=1S/C16H38O5Si4.C9H18O3Si/c1-15(2)16(17)18-13-12-14-25(19-22(3,4)5,20-23(6,7)8)21-24(9,10)11;1-5-9(10)12-7-6-8-13(3,4)11-2/h1,12-14H2,2-11H3;5H,1,6-8H2,2-4H3. The Bertz CT molecular complexity index is 712. The maximum atomic E-state index is 11.6. The summed E-state index contributed by atoms with van der Waals surface area (Å²) < 4.78 is 35.2. The predicted molar refractivity (Wildman–Crippen MR) is 169 cm³/mol. The van der Waals surface area contributed by atoms with Crippen LogP contribution in [0.5, 0.6) is 0 Å². The van der Waals surface area contributed by atoms with Crippen molar-refractivity contribution in [1.82, 2.24) is 0 Å². The minimum Gasteiger partial charge on any atom is -0.463 e. The second-order valence-corrected chi connectivity index (χ2v) is 34.2. The molecule has 0 fully saturated rings. The first-order chi connectivity index (χ1) is 17.0. The van der Waals surface area contributed by atoms with Crippen LogP contribution in [-0.2, 0) is 35.8 Å². The number of carbonyl (C=O) groups is 2. The number of hydrogen-bond donors (Lipinski definition) is 0. The Morgan fingerprint density at radius 2 is 1.11 bits per heavy atom. The molecule has 0 aliphatic heterocycles. The summed E-state index contributed by atoms with van der Waals surface area (Å²) in [5, 5.41) is 0. The summed E-state index contributed by atoms with van der Waals surface area (Å²) in [6.07, 6.45) is 2.72. The predicted octanol–water partition coefficient (Wildman–Crippen LogP) is 6.95. The van der Waals surface area contributed by atoms with Crippen LogP contribution in [0.1, 0.15) is 19.8 Å². The lowest BCUT2D eigenvalue weighted by atomic mass is 10.4. The normalized spacial score (nSPS) is 12.8. The van der Waals surface area contributed by atoms with Crippen LogP contribution < -0.4 is 0 Å². The molecule has 0 aromatic carbocycles. The van der Waals surface area contributed by atoms with Crippen LogP contribution in [0.3, 0.4) is 0 Å². The summed E-state index contributed by atoms with van der Waals surface area (Å²) in [6, 6.07) is 1.68. The molecule has 0 unspecified atom stereocenters. The molecule has 0 aromatic rings. The Kier molecular flexibility index (Phi) is 17.9. The van der Waals surface area contributed by atoms with Crippen molar-refractivity contribution in [2.45, 2.75) is 104 Å². The Morgan fingerprint density at radius 1 is 0.711 bits per heavy atom. The second-order valence-electron chi connectivity index (χ2n) is 12.8. The molecule has 224 valence electrons. The highest BCUT2D eigenvalue weighted by molar-refractivity contribution is 6.90. The van der Waals surface area contributed by atoms with Gasteiger partial charge in [-0.1, -0.05) is 13.2 Å². The van der Waals surface area contributed by atoms with Gasteiger partial charge in [0, 0.05) is 24.8 Å². The van der Waals surface area contributed by atoms with Gasteiger partial charge in [-0.3, -0.25) is 0 Å². The molecular formula is C25H56O8Si5. The largest absolute Gasteiger partial charge is 0.469 e. The highest BCUT2D eigenvalue weighted by Gasteiger charge is 2.49. The summed E-state index contributed by atoms with van der Waals surface area (Å²) in [4.78, 5) is 22.2. The highest BCUT2D eigenvalue weighted by atomic mass is 28.5. The quantitative estimate of drug-likeness (QED) is 0.0744. The van der Waals surface area contributed by atoms with E-state index in [2.05, 4.69) is 85.2 Å². The molecule has 0 radical (unpaired) electrons. The van der Waals surface area contributed by atoms with Gasteiger partial charge < -0.3 is 26.2 Å². The first-order valence-electron chi connectivity index (χ1n) is 13.2. The fourth-order valence-electron chi connectivity index (χ4n) is 3.02. The Morgan fingerprint density at radius 3 is 1.45 bits per heavy atom. The van der Waals surface area contributed by atoms with Gasteiger partial charge in [0.15, 0.2) is 33.3 Å². The molecule has 8 nitrogen and oxygen atoms in total. The van der Waals surface area contributed by atoms with Crippen LogP contribution in [0.15, 0.2) is 24.8 Å². The number of carbonyl (C=O) groups excluding carboxylic acids is 2. The molecule has 0 bridgehead atoms. The monoisotopic (exact) mass is 624 g/mol. The van der Waals surface area contributed by atoms with E-state index in [9.17, 15) is 9.59 Å². The van der Waals surface area contributed by atoms with Gasteiger partial charge in [0.25, 0.3) is 0 Å². The van der Waals surface area contributed by atoms with Crippen molar-refractivity contribution in [3.05, 3.63) is 24.8 Å². The molecule has 0 heterocycles. The van der Waals surface area contributed by atoms with Gasteiger partial charge in [0.2, 0.25) is 0 Å². The molecule has 0 saturated heterocycles. The Balaban J connectivity index is 0. The third kappa shape index (κ3) is 23.3. The number of esters is 2. The van der Waals surface area contributed by atoms with Crippen molar-refractivity contribution < 1.29 is 35.8 Å². The van der Waals surface area contributed by atoms with Gasteiger partial charge in [-0.25, -0.2) is 9.59 Å². The molecule has 0 atom stereocenters. The third-order valence-corrected chi connectivity index (χ3v) is 19.2. The van der Waals surface area contributed by atoms with Crippen molar-refractivity contribution in [3.8, 4) is 0 Å². The topological polar surface area (TPSA) is 89.5 Å². The molecule has 13 heteroatoms. The van der Waals surface area contributed by atoms with E-state index in [1.807, 2.05) is 0 Å². The molecule has 0 amide bonds. The molecule has 0 N–H and O–H groups in total. The van der Waals surface area contributed by atoms with E-state index >= 15 is 0 Å². The SMILES string of the molecule is C=C(C)C(=O)OCCC[Si](O[Si](C)(C)C)(O[Si](C)(C)C)O[Si](C)(C)C.C=CC(=O)OCCC[Si](C)(C)OC. The minimum absolute atomic E-state index is 0.333. The average Bonchev–Trinajstić information content (AvgIpc) is 2.70. The van der Waals surface area contributed by atoms with Crippen molar-refractivity contribution in [1.29, 1.82) is 0 Å². The molecule has 38 heavy (non-hydrogen) atoms. The van der Waals surface area contributed by atoms with Crippen LogP contribution >= 0.6 is 0 Å². The maximum Gasteiger partial charge on any atom is 0.469 e. The fraction of sp³-hybridized carbons (Fsp3) is 0.760. The van der Waals surface area contributed by atoms with Gasteiger partial charge in [-0.2, -0.15) is 0 Å². The smallest absolute Gasteiger partial charge is 0.463 e. The van der Waals surface area contributed by atoms with E-state index in [1.54, 1.807) is 14.0 Å². The van der Waals surface area contributed by atoms with Gasteiger partial charge >= 0.3 is 20.7 Å². The van der Waals surface area contributed by atoms with Gasteiger partial charge in [0.1, 0.15) is 0 Å². The zero-order valence-electron chi connectivity index (χ0n) is 26.5. The summed E-state index contributed by atoms with van der Waals surface area (Å²) in [6.45, 7) is 33.1. The first kappa shape index (κ1) is 39.5. The number of ether oxygens (including phenoxy) is 2. The van der Waals surface area contributed by atoms with Crippen molar-refractivity contribution in [2.75, 3.05) is 20.3 Å². The lowest BCUT2D eigenvalue weighted by Gasteiger charge is -2.42. The molecule has 0 rings (SSSR count).